The fourth-order valence-corrected chi connectivity index (χ4v) is 6.94. The summed E-state index contributed by atoms with van der Waals surface area (Å²) in [5.74, 6) is -1.07. The van der Waals surface area contributed by atoms with Crippen LogP contribution >= 0.6 is 11.3 Å². The standard InChI is InChI=1S/C26H24N2O5S2/c1-33-26(30)24-15-20-13-21(9-11-23(20)34-24)27-25(29)19-7-4-12-28(16-19)35(31,32)22-10-8-17-5-2-3-6-18(17)14-22/h2-3,5-6,8-11,13-15,19H,4,7,12,16H2,1H3,(H,27,29)/t19-/m1/s1. The molecule has 4 aromatic rings. The van der Waals surface area contributed by atoms with Crippen LogP contribution in [0.4, 0.5) is 5.69 Å². The first kappa shape index (κ1) is 23.5. The van der Waals surface area contributed by atoms with E-state index in [-0.39, 0.29) is 17.3 Å². The largest absolute Gasteiger partial charge is 0.465 e. The minimum Gasteiger partial charge on any atom is -0.465 e. The number of carbonyl (C=O) groups excluding carboxylic acids is 2. The van der Waals surface area contributed by atoms with Crippen molar-refractivity contribution in [1.82, 2.24) is 4.31 Å². The molecule has 9 heteroatoms. The van der Waals surface area contributed by atoms with Gasteiger partial charge in [-0.15, -0.1) is 11.3 Å². The van der Waals surface area contributed by atoms with E-state index < -0.39 is 21.9 Å². The van der Waals surface area contributed by atoms with Crippen molar-refractivity contribution in [3.63, 3.8) is 0 Å². The molecule has 0 radical (unpaired) electrons. The molecule has 0 saturated carbocycles. The molecule has 1 atom stereocenters. The molecule has 1 N–H and O–H groups in total. The van der Waals surface area contributed by atoms with E-state index in [4.69, 9.17) is 4.74 Å². The number of benzene rings is 3. The number of hydrogen-bond acceptors (Lipinski definition) is 6. The maximum atomic E-state index is 13.3. The quantitative estimate of drug-likeness (QED) is 0.388. The second-order valence-corrected chi connectivity index (χ2v) is 11.6. The molecular formula is C26H24N2O5S2. The second-order valence-electron chi connectivity index (χ2n) is 8.56. The van der Waals surface area contributed by atoms with E-state index in [9.17, 15) is 18.0 Å². The van der Waals surface area contributed by atoms with Crippen LogP contribution in [0.2, 0.25) is 0 Å². The van der Waals surface area contributed by atoms with Crippen molar-refractivity contribution >= 4 is 59.8 Å². The van der Waals surface area contributed by atoms with E-state index in [1.807, 2.05) is 42.5 Å². The van der Waals surface area contributed by atoms with Gasteiger partial charge in [-0.05, 0) is 65.4 Å². The predicted octanol–water partition coefficient (Wildman–Crippen LogP) is 4.88. The van der Waals surface area contributed by atoms with Crippen LogP contribution in [0.1, 0.15) is 22.5 Å². The van der Waals surface area contributed by atoms with Crippen LogP contribution in [0, 0.1) is 5.92 Å². The Morgan fingerprint density at radius 3 is 2.60 bits per heavy atom. The molecule has 0 bridgehead atoms. The Kier molecular flexibility index (Phi) is 6.31. The van der Waals surface area contributed by atoms with Gasteiger partial charge in [0.05, 0.1) is 17.9 Å². The van der Waals surface area contributed by atoms with Gasteiger partial charge in [-0.1, -0.05) is 30.3 Å². The lowest BCUT2D eigenvalue weighted by atomic mass is 9.98. The average molecular weight is 509 g/mol. The van der Waals surface area contributed by atoms with Gasteiger partial charge >= 0.3 is 5.97 Å². The van der Waals surface area contributed by atoms with E-state index in [0.717, 1.165) is 20.9 Å². The Hall–Kier alpha value is -3.27. The first-order valence-electron chi connectivity index (χ1n) is 11.3. The molecule has 0 unspecified atom stereocenters. The Morgan fingerprint density at radius 1 is 1.00 bits per heavy atom. The van der Waals surface area contributed by atoms with Crippen LogP contribution in [-0.4, -0.2) is 44.8 Å². The topological polar surface area (TPSA) is 92.8 Å². The minimum absolute atomic E-state index is 0.133. The summed E-state index contributed by atoms with van der Waals surface area (Å²) in [5.41, 5.74) is 0.603. The summed E-state index contributed by atoms with van der Waals surface area (Å²) >= 11 is 1.33. The number of rotatable bonds is 5. The number of methoxy groups -OCH3 is 1. The van der Waals surface area contributed by atoms with E-state index in [0.29, 0.717) is 30.0 Å². The lowest BCUT2D eigenvalue weighted by Crippen LogP contribution is -2.43. The van der Waals surface area contributed by atoms with Crippen LogP contribution in [0.3, 0.4) is 0 Å². The van der Waals surface area contributed by atoms with Gasteiger partial charge in [-0.2, -0.15) is 4.31 Å². The summed E-state index contributed by atoms with van der Waals surface area (Å²) < 4.78 is 33.8. The fraction of sp³-hybridized carbons (Fsp3) is 0.231. The number of amides is 1. The van der Waals surface area contributed by atoms with E-state index in [1.54, 1.807) is 24.3 Å². The van der Waals surface area contributed by atoms with Gasteiger partial charge in [-0.3, -0.25) is 4.79 Å². The number of sulfonamides is 1. The van der Waals surface area contributed by atoms with Crippen LogP contribution in [0.25, 0.3) is 20.9 Å². The molecule has 5 rings (SSSR count). The zero-order valence-electron chi connectivity index (χ0n) is 19.1. The van der Waals surface area contributed by atoms with Gasteiger partial charge in [0.2, 0.25) is 15.9 Å². The van der Waals surface area contributed by atoms with Crippen LogP contribution in [-0.2, 0) is 19.6 Å². The first-order chi connectivity index (χ1) is 16.8. The van der Waals surface area contributed by atoms with E-state index >= 15 is 0 Å². The monoisotopic (exact) mass is 508 g/mol. The number of esters is 1. The van der Waals surface area contributed by atoms with Gasteiger partial charge < -0.3 is 10.1 Å². The number of thiophene rings is 1. The van der Waals surface area contributed by atoms with Crippen molar-refractivity contribution in [3.8, 4) is 0 Å². The summed E-state index contributed by atoms with van der Waals surface area (Å²) in [7, 11) is -2.38. The maximum absolute atomic E-state index is 13.3. The lowest BCUT2D eigenvalue weighted by Gasteiger charge is -2.31. The molecule has 1 amide bonds. The van der Waals surface area contributed by atoms with E-state index in [1.165, 1.54) is 22.8 Å². The smallest absolute Gasteiger partial charge is 0.348 e. The number of hydrogen-bond donors (Lipinski definition) is 1. The minimum atomic E-state index is -3.72. The van der Waals surface area contributed by atoms with Crippen LogP contribution in [0.5, 0.6) is 0 Å². The van der Waals surface area contributed by atoms with Gasteiger partial charge in [0.1, 0.15) is 4.88 Å². The third kappa shape index (κ3) is 4.67. The summed E-state index contributed by atoms with van der Waals surface area (Å²) in [6, 6.07) is 19.9. The third-order valence-corrected chi connectivity index (χ3v) is 9.24. The number of nitrogens with zero attached hydrogens (tertiary/aromatic N) is 1. The molecule has 3 aromatic carbocycles. The molecule has 0 spiro atoms. The average Bonchev–Trinajstić information content (AvgIpc) is 3.31. The van der Waals surface area contributed by atoms with Crippen molar-refractivity contribution in [2.45, 2.75) is 17.7 Å². The van der Waals surface area contributed by atoms with Gasteiger partial charge in [0.15, 0.2) is 0 Å². The molecule has 1 aliphatic rings. The number of carbonyl (C=O) groups is 2. The molecule has 35 heavy (non-hydrogen) atoms. The molecule has 180 valence electrons. The second kappa shape index (κ2) is 9.41. The highest BCUT2D eigenvalue weighted by Gasteiger charge is 2.33. The SMILES string of the molecule is COC(=O)c1cc2cc(NC(=O)[C@@H]3CCCN(S(=O)(=O)c4ccc5ccccc5c4)C3)ccc2s1. The Labute approximate surface area is 207 Å². The molecule has 1 aromatic heterocycles. The summed E-state index contributed by atoms with van der Waals surface area (Å²) in [5, 5.41) is 5.59. The number of piperidine rings is 1. The maximum Gasteiger partial charge on any atom is 0.348 e. The molecule has 1 aliphatic heterocycles. The highest BCUT2D eigenvalue weighted by molar-refractivity contribution is 7.89. The third-order valence-electron chi connectivity index (χ3n) is 6.28. The van der Waals surface area contributed by atoms with Crippen LogP contribution in [0.15, 0.2) is 71.6 Å². The van der Waals surface area contributed by atoms with Crippen molar-refractivity contribution in [2.75, 3.05) is 25.5 Å². The summed E-state index contributed by atoms with van der Waals surface area (Å²) in [6.07, 6.45) is 1.22. The molecule has 0 aliphatic carbocycles. The van der Waals surface area contributed by atoms with Crippen LogP contribution < -0.4 is 5.32 Å². The Balaban J connectivity index is 1.31. The van der Waals surface area contributed by atoms with Gasteiger partial charge in [-0.25, -0.2) is 13.2 Å². The predicted molar refractivity (Wildman–Crippen MR) is 137 cm³/mol. The lowest BCUT2D eigenvalue weighted by molar-refractivity contribution is -0.120. The molecule has 1 saturated heterocycles. The van der Waals surface area contributed by atoms with E-state index in [2.05, 4.69) is 5.32 Å². The van der Waals surface area contributed by atoms with Gasteiger partial charge in [0.25, 0.3) is 0 Å². The first-order valence-corrected chi connectivity index (χ1v) is 13.5. The molecular weight excluding hydrogens is 484 g/mol. The fourth-order valence-electron chi connectivity index (χ4n) is 4.42. The summed E-state index contributed by atoms with van der Waals surface area (Å²) in [4.78, 5) is 25.6. The summed E-state index contributed by atoms with van der Waals surface area (Å²) in [6.45, 7) is 0.518. The number of ether oxygens (including phenoxy) is 1. The zero-order chi connectivity index (χ0) is 24.6. The normalized spacial score (nSPS) is 16.9. The highest BCUT2D eigenvalue weighted by Crippen LogP contribution is 2.30. The number of anilines is 1. The number of fused-ring (bicyclic) bond motifs is 2. The van der Waals surface area contributed by atoms with Crippen molar-refractivity contribution < 1.29 is 22.7 Å². The number of nitrogens with one attached hydrogen (secondary N) is 1. The molecule has 2 heterocycles. The van der Waals surface area contributed by atoms with Gasteiger partial charge in [0, 0.05) is 23.5 Å². The Bertz CT molecular complexity index is 1540. The molecule has 1 fully saturated rings. The highest BCUT2D eigenvalue weighted by atomic mass is 32.2. The molecule has 7 nitrogen and oxygen atoms in total. The van der Waals surface area contributed by atoms with Crippen molar-refractivity contribution in [3.05, 3.63) is 71.6 Å². The van der Waals surface area contributed by atoms with Crippen molar-refractivity contribution in [2.24, 2.45) is 5.92 Å². The van der Waals surface area contributed by atoms with Crippen molar-refractivity contribution in [1.29, 1.82) is 0 Å². The zero-order valence-corrected chi connectivity index (χ0v) is 20.7. The Morgan fingerprint density at radius 2 is 1.80 bits per heavy atom.